The van der Waals surface area contributed by atoms with Crippen LogP contribution in [0.15, 0.2) is 42.5 Å². The average Bonchev–Trinajstić information content (AvgIpc) is 3.15. The Kier molecular flexibility index (Phi) is 8.81. The Morgan fingerprint density at radius 3 is 2.38 bits per heavy atom. The molecule has 0 bridgehead atoms. The smallest absolute Gasteiger partial charge is 0.0728 e. The summed E-state index contributed by atoms with van der Waals surface area (Å²) in [6, 6.07) is 16.0. The van der Waals surface area contributed by atoms with E-state index in [0.29, 0.717) is 6.04 Å². The van der Waals surface area contributed by atoms with Crippen LogP contribution in [0.4, 0.5) is 0 Å². The first-order chi connectivity index (χ1) is 13.0. The first-order valence-electron chi connectivity index (χ1n) is 10.6. The summed E-state index contributed by atoms with van der Waals surface area (Å²) in [5.74, 6) is 0.198. The topological polar surface area (TPSA) is 26.7 Å². The van der Waals surface area contributed by atoms with E-state index in [1.165, 1.54) is 29.2 Å². The minimum atomic E-state index is -0.559. The second kappa shape index (κ2) is 10.5. The summed E-state index contributed by atoms with van der Waals surface area (Å²) < 4.78 is 0. The Labute approximate surface area is 188 Å². The van der Waals surface area contributed by atoms with Gasteiger partial charge in [-0.3, -0.25) is 0 Å². The van der Waals surface area contributed by atoms with Crippen molar-refractivity contribution >= 4 is 35.6 Å². The van der Waals surface area contributed by atoms with E-state index in [1.807, 2.05) is 0 Å². The van der Waals surface area contributed by atoms with E-state index >= 15 is 0 Å². The SMILES string of the molecule is CN(C)[C@H]1CCN(CC(c2ccc3ccccc3c2)C2(O)CCCCC2)C1.Cl.Cl. The van der Waals surface area contributed by atoms with Gasteiger partial charge in [0.1, 0.15) is 0 Å². The number of rotatable bonds is 5. The van der Waals surface area contributed by atoms with E-state index in [1.54, 1.807) is 0 Å². The van der Waals surface area contributed by atoms with Crippen molar-refractivity contribution in [3.05, 3.63) is 48.0 Å². The Morgan fingerprint density at radius 2 is 1.72 bits per heavy atom. The highest BCUT2D eigenvalue weighted by molar-refractivity contribution is 5.85. The summed E-state index contributed by atoms with van der Waals surface area (Å²) >= 11 is 0. The van der Waals surface area contributed by atoms with E-state index in [2.05, 4.69) is 66.4 Å². The molecule has 3 nitrogen and oxygen atoms in total. The maximum absolute atomic E-state index is 11.7. The highest BCUT2D eigenvalue weighted by Crippen LogP contribution is 2.41. The van der Waals surface area contributed by atoms with Crippen LogP contribution < -0.4 is 0 Å². The summed E-state index contributed by atoms with van der Waals surface area (Å²) in [5, 5.41) is 14.2. The molecule has 2 atom stereocenters. The number of nitrogens with zero attached hydrogens (tertiary/aromatic N) is 2. The van der Waals surface area contributed by atoms with Gasteiger partial charge in [0, 0.05) is 25.0 Å². The van der Waals surface area contributed by atoms with Gasteiger partial charge in [-0.1, -0.05) is 61.7 Å². The second-order valence-electron chi connectivity index (χ2n) is 8.99. The minimum Gasteiger partial charge on any atom is -0.389 e. The quantitative estimate of drug-likeness (QED) is 0.703. The van der Waals surface area contributed by atoms with Crippen LogP contribution in [-0.4, -0.2) is 60.3 Å². The van der Waals surface area contributed by atoms with Crippen molar-refractivity contribution in [3.8, 4) is 0 Å². The summed E-state index contributed by atoms with van der Waals surface area (Å²) in [6.07, 6.45) is 6.68. The van der Waals surface area contributed by atoms with Crippen LogP contribution >= 0.6 is 24.8 Å². The molecule has 0 amide bonds. The Balaban J connectivity index is 0.00000150. The van der Waals surface area contributed by atoms with Gasteiger partial charge in [-0.25, -0.2) is 0 Å². The van der Waals surface area contributed by atoms with Crippen molar-refractivity contribution in [2.24, 2.45) is 0 Å². The van der Waals surface area contributed by atoms with Crippen LogP contribution in [0.2, 0.25) is 0 Å². The first-order valence-corrected chi connectivity index (χ1v) is 10.6. The van der Waals surface area contributed by atoms with Crippen LogP contribution in [0.1, 0.15) is 50.0 Å². The summed E-state index contributed by atoms with van der Waals surface area (Å²) in [6.45, 7) is 3.23. The molecule has 2 aromatic carbocycles. The molecule has 5 heteroatoms. The number of likely N-dealkylation sites (N-methyl/N-ethyl adjacent to an activating group) is 1. The highest BCUT2D eigenvalue weighted by Gasteiger charge is 2.40. The van der Waals surface area contributed by atoms with Gasteiger partial charge in [0.15, 0.2) is 0 Å². The molecule has 0 radical (unpaired) electrons. The molecule has 0 spiro atoms. The lowest BCUT2D eigenvalue weighted by Gasteiger charge is -2.41. The molecule has 29 heavy (non-hydrogen) atoms. The Morgan fingerprint density at radius 1 is 1.03 bits per heavy atom. The molecular weight excluding hydrogens is 403 g/mol. The lowest BCUT2D eigenvalue weighted by molar-refractivity contribution is -0.0296. The largest absolute Gasteiger partial charge is 0.389 e. The lowest BCUT2D eigenvalue weighted by atomic mass is 9.72. The van der Waals surface area contributed by atoms with Crippen molar-refractivity contribution in [3.63, 3.8) is 0 Å². The van der Waals surface area contributed by atoms with E-state index in [9.17, 15) is 5.11 Å². The summed E-state index contributed by atoms with van der Waals surface area (Å²) in [4.78, 5) is 4.93. The maximum atomic E-state index is 11.7. The van der Waals surface area contributed by atoms with Crippen LogP contribution in [0.3, 0.4) is 0 Å². The standard InChI is InChI=1S/C24H34N2O.2ClH/c1-25(2)22-12-15-26(17-22)18-23(24(27)13-6-3-7-14-24)21-11-10-19-8-4-5-9-20(19)16-21;;/h4-5,8-11,16,22-23,27H,3,6-7,12-15,17-18H2,1-2H3;2*1H/t22-,23?;;/m0../s1. The molecule has 2 fully saturated rings. The zero-order valence-electron chi connectivity index (χ0n) is 17.7. The third kappa shape index (κ3) is 5.45. The molecule has 4 rings (SSSR count). The van der Waals surface area contributed by atoms with Gasteiger partial charge in [-0.15, -0.1) is 24.8 Å². The van der Waals surface area contributed by atoms with Crippen molar-refractivity contribution in [1.29, 1.82) is 0 Å². The second-order valence-corrected chi connectivity index (χ2v) is 8.99. The van der Waals surface area contributed by atoms with Gasteiger partial charge in [0.25, 0.3) is 0 Å². The van der Waals surface area contributed by atoms with E-state index in [4.69, 9.17) is 0 Å². The maximum Gasteiger partial charge on any atom is 0.0728 e. The minimum absolute atomic E-state index is 0. The van der Waals surface area contributed by atoms with E-state index in [0.717, 1.165) is 45.3 Å². The number of fused-ring (bicyclic) bond motifs is 1. The van der Waals surface area contributed by atoms with Gasteiger partial charge < -0.3 is 14.9 Å². The normalized spacial score (nSPS) is 22.8. The van der Waals surface area contributed by atoms with Crippen LogP contribution in [-0.2, 0) is 0 Å². The molecule has 1 aliphatic heterocycles. The van der Waals surface area contributed by atoms with Gasteiger partial charge in [0.2, 0.25) is 0 Å². The molecule has 162 valence electrons. The number of hydrogen-bond donors (Lipinski definition) is 1. The van der Waals surface area contributed by atoms with Crippen molar-refractivity contribution < 1.29 is 5.11 Å². The number of aliphatic hydroxyl groups is 1. The highest BCUT2D eigenvalue weighted by atomic mass is 35.5. The van der Waals surface area contributed by atoms with Crippen LogP contribution in [0, 0.1) is 0 Å². The predicted octanol–water partition coefficient (Wildman–Crippen LogP) is 5.10. The van der Waals surface area contributed by atoms with Gasteiger partial charge in [-0.2, -0.15) is 0 Å². The molecule has 1 saturated carbocycles. The number of benzene rings is 2. The third-order valence-electron chi connectivity index (χ3n) is 6.96. The molecule has 1 unspecified atom stereocenters. The fourth-order valence-corrected chi connectivity index (χ4v) is 5.18. The number of halogens is 2. The van der Waals surface area contributed by atoms with Crippen LogP contribution in [0.25, 0.3) is 10.8 Å². The Hall–Kier alpha value is -0.840. The predicted molar refractivity (Wildman–Crippen MR) is 128 cm³/mol. The number of likely N-dealkylation sites (tertiary alicyclic amines) is 1. The fraction of sp³-hybridized carbons (Fsp3) is 0.583. The molecule has 2 aliphatic rings. The van der Waals surface area contributed by atoms with Crippen LogP contribution in [0.5, 0.6) is 0 Å². The van der Waals surface area contributed by atoms with Gasteiger partial charge >= 0.3 is 0 Å². The van der Waals surface area contributed by atoms with Crippen molar-refractivity contribution in [2.75, 3.05) is 33.7 Å². The molecular formula is C24H36Cl2N2O. The van der Waals surface area contributed by atoms with Gasteiger partial charge in [-0.05, 0) is 56.2 Å². The van der Waals surface area contributed by atoms with Crippen molar-refractivity contribution in [2.45, 2.75) is 56.1 Å². The Bertz CT molecular complexity index is 776. The summed E-state index contributed by atoms with van der Waals surface area (Å²) in [7, 11) is 4.37. The summed E-state index contributed by atoms with van der Waals surface area (Å²) in [5.41, 5.74) is 0.753. The monoisotopic (exact) mass is 438 g/mol. The van der Waals surface area contributed by atoms with E-state index < -0.39 is 5.60 Å². The molecule has 1 aliphatic carbocycles. The third-order valence-corrected chi connectivity index (χ3v) is 6.96. The van der Waals surface area contributed by atoms with E-state index in [-0.39, 0.29) is 30.7 Å². The zero-order chi connectivity index (χ0) is 18.9. The van der Waals surface area contributed by atoms with Gasteiger partial charge in [0.05, 0.1) is 5.60 Å². The fourth-order valence-electron chi connectivity index (χ4n) is 5.18. The lowest BCUT2D eigenvalue weighted by Crippen LogP contribution is -2.44. The number of hydrogen-bond acceptors (Lipinski definition) is 3. The molecule has 1 heterocycles. The first kappa shape index (κ1) is 24.4. The molecule has 0 aromatic heterocycles. The zero-order valence-corrected chi connectivity index (χ0v) is 19.4. The average molecular weight is 439 g/mol. The molecule has 1 N–H and O–H groups in total. The van der Waals surface area contributed by atoms with Crippen molar-refractivity contribution in [1.82, 2.24) is 9.80 Å². The molecule has 1 saturated heterocycles. The molecule has 2 aromatic rings.